The van der Waals surface area contributed by atoms with E-state index in [1.165, 1.54) is 32.8 Å². The molecule has 0 fully saturated rings. The normalized spacial score (nSPS) is 12.2. The van der Waals surface area contributed by atoms with Crippen molar-refractivity contribution in [3.05, 3.63) is 35.9 Å². The molecule has 0 saturated carbocycles. The largest absolute Gasteiger partial charge is 0.504 e. The van der Waals surface area contributed by atoms with Crippen LogP contribution in [0.3, 0.4) is 0 Å². The highest BCUT2D eigenvalue weighted by Gasteiger charge is 2.05. The van der Waals surface area contributed by atoms with E-state index < -0.39 is 0 Å². The fraction of sp³-hybridized carbons (Fsp3) is 0.654. The van der Waals surface area contributed by atoms with E-state index in [-0.39, 0.29) is 17.8 Å². The van der Waals surface area contributed by atoms with Gasteiger partial charge in [0.05, 0.1) is 13.2 Å². The number of phenols is 1. The fourth-order valence-electron chi connectivity index (χ4n) is 3.49. The molecule has 31 heavy (non-hydrogen) atoms. The van der Waals surface area contributed by atoms with Crippen LogP contribution in [0.1, 0.15) is 96.0 Å². The number of amides is 1. The van der Waals surface area contributed by atoms with Gasteiger partial charge in [0.2, 0.25) is 5.91 Å². The number of aromatic hydroxyl groups is 1. The van der Waals surface area contributed by atoms with Crippen molar-refractivity contribution in [2.75, 3.05) is 7.11 Å². The molecule has 5 nitrogen and oxygen atoms in total. The summed E-state index contributed by atoms with van der Waals surface area (Å²) in [5.41, 5.74) is 0.903. The van der Waals surface area contributed by atoms with Gasteiger partial charge in [-0.2, -0.15) is 0 Å². The number of methoxy groups -OCH3 is 1. The maximum atomic E-state index is 12.0. The highest BCUT2D eigenvalue weighted by molar-refractivity contribution is 5.75. The Morgan fingerprint density at radius 1 is 1.06 bits per heavy atom. The van der Waals surface area contributed by atoms with Crippen LogP contribution in [-0.2, 0) is 11.3 Å². The van der Waals surface area contributed by atoms with E-state index in [0.717, 1.165) is 56.9 Å². The van der Waals surface area contributed by atoms with E-state index in [1.54, 1.807) is 18.2 Å². The monoisotopic (exact) mass is 433 g/mol. The first-order valence-corrected chi connectivity index (χ1v) is 12.0. The highest BCUT2D eigenvalue weighted by atomic mass is 16.5. The summed E-state index contributed by atoms with van der Waals surface area (Å²) in [6.45, 7) is 2.64. The molecule has 0 heterocycles. The summed E-state index contributed by atoms with van der Waals surface area (Å²) in [5.74, 6) is 0.576. The van der Waals surface area contributed by atoms with Crippen LogP contribution in [0, 0.1) is 0 Å². The molecular formula is C26H43NO4. The van der Waals surface area contributed by atoms with Gasteiger partial charge < -0.3 is 20.3 Å². The lowest BCUT2D eigenvalue weighted by Gasteiger charge is -2.08. The summed E-state index contributed by atoms with van der Waals surface area (Å²) >= 11 is 0. The van der Waals surface area contributed by atoms with Gasteiger partial charge in [-0.1, -0.05) is 70.1 Å². The number of aliphatic hydroxyl groups excluding tert-OH is 1. The Morgan fingerprint density at radius 2 is 1.81 bits per heavy atom. The second-order valence-electron chi connectivity index (χ2n) is 8.30. The lowest BCUT2D eigenvalue weighted by Crippen LogP contribution is -2.22. The van der Waals surface area contributed by atoms with E-state index in [4.69, 9.17) is 4.74 Å². The van der Waals surface area contributed by atoms with E-state index in [1.807, 2.05) is 0 Å². The minimum absolute atomic E-state index is 0.0585. The molecular weight excluding hydrogens is 390 g/mol. The maximum Gasteiger partial charge on any atom is 0.220 e. The van der Waals surface area contributed by atoms with Gasteiger partial charge >= 0.3 is 0 Å². The summed E-state index contributed by atoms with van der Waals surface area (Å²) in [6, 6.07) is 5.09. The second-order valence-corrected chi connectivity index (χ2v) is 8.30. The number of benzene rings is 1. The Balaban J connectivity index is 1.97. The van der Waals surface area contributed by atoms with Gasteiger partial charge in [0.25, 0.3) is 0 Å². The summed E-state index contributed by atoms with van der Waals surface area (Å²) in [6.07, 6.45) is 17.8. The van der Waals surface area contributed by atoms with Crippen LogP contribution < -0.4 is 10.1 Å². The molecule has 1 atom stereocenters. The van der Waals surface area contributed by atoms with Crippen molar-refractivity contribution in [3.63, 3.8) is 0 Å². The third-order valence-corrected chi connectivity index (χ3v) is 5.47. The molecule has 176 valence electrons. The van der Waals surface area contributed by atoms with Crippen molar-refractivity contribution in [1.82, 2.24) is 5.32 Å². The van der Waals surface area contributed by atoms with Crippen molar-refractivity contribution in [3.8, 4) is 11.5 Å². The van der Waals surface area contributed by atoms with Gasteiger partial charge in [-0.05, 0) is 49.8 Å². The topological polar surface area (TPSA) is 78.8 Å². The molecule has 0 radical (unpaired) electrons. The van der Waals surface area contributed by atoms with Crippen molar-refractivity contribution in [2.24, 2.45) is 0 Å². The minimum Gasteiger partial charge on any atom is -0.504 e. The van der Waals surface area contributed by atoms with Crippen LogP contribution in [-0.4, -0.2) is 29.3 Å². The number of hydrogen-bond donors (Lipinski definition) is 3. The summed E-state index contributed by atoms with van der Waals surface area (Å²) < 4.78 is 5.08. The van der Waals surface area contributed by atoms with Gasteiger partial charge in [0, 0.05) is 13.0 Å². The van der Waals surface area contributed by atoms with Crippen molar-refractivity contribution >= 4 is 5.91 Å². The third kappa shape index (κ3) is 13.8. The molecule has 3 N–H and O–H groups in total. The number of carbonyl (C=O) groups excluding carboxylic acids is 1. The first-order valence-electron chi connectivity index (χ1n) is 12.0. The Labute approximate surface area is 188 Å². The number of phenolic OH excluding ortho intramolecular Hbond substituents is 1. The Morgan fingerprint density at radius 3 is 2.58 bits per heavy atom. The molecule has 0 aliphatic heterocycles. The molecule has 1 rings (SSSR count). The van der Waals surface area contributed by atoms with Gasteiger partial charge in [-0.25, -0.2) is 0 Å². The molecule has 1 amide bonds. The molecule has 5 heteroatoms. The van der Waals surface area contributed by atoms with Crippen molar-refractivity contribution in [1.29, 1.82) is 0 Å². The number of nitrogens with one attached hydrogen (secondary N) is 1. The van der Waals surface area contributed by atoms with E-state index >= 15 is 0 Å². The molecule has 0 bridgehead atoms. The van der Waals surface area contributed by atoms with E-state index in [9.17, 15) is 15.0 Å². The lowest BCUT2D eigenvalue weighted by atomic mass is 10.1. The van der Waals surface area contributed by atoms with Crippen LogP contribution in [0.2, 0.25) is 0 Å². The number of carbonyl (C=O) groups is 1. The zero-order chi connectivity index (χ0) is 22.7. The van der Waals surface area contributed by atoms with E-state index in [0.29, 0.717) is 18.7 Å². The zero-order valence-electron chi connectivity index (χ0n) is 19.6. The first kappa shape index (κ1) is 27.0. The number of hydrogen-bond acceptors (Lipinski definition) is 4. The highest BCUT2D eigenvalue weighted by Crippen LogP contribution is 2.26. The van der Waals surface area contributed by atoms with E-state index in [2.05, 4.69) is 24.4 Å². The van der Waals surface area contributed by atoms with Gasteiger partial charge in [-0.3, -0.25) is 4.79 Å². The van der Waals surface area contributed by atoms with Crippen LogP contribution in [0.25, 0.3) is 0 Å². The quantitative estimate of drug-likeness (QED) is 0.195. The van der Waals surface area contributed by atoms with Crippen LogP contribution >= 0.6 is 0 Å². The lowest BCUT2D eigenvalue weighted by molar-refractivity contribution is -0.121. The molecule has 1 unspecified atom stereocenters. The van der Waals surface area contributed by atoms with Crippen LogP contribution in [0.4, 0.5) is 0 Å². The molecule has 0 saturated heterocycles. The number of rotatable bonds is 18. The predicted octanol–water partition coefficient (Wildman–Crippen LogP) is 6.03. The smallest absolute Gasteiger partial charge is 0.220 e. The molecule has 1 aromatic carbocycles. The van der Waals surface area contributed by atoms with Crippen molar-refractivity contribution in [2.45, 2.75) is 103 Å². The zero-order valence-corrected chi connectivity index (χ0v) is 19.6. The van der Waals surface area contributed by atoms with Crippen LogP contribution in [0.15, 0.2) is 30.4 Å². The first-order chi connectivity index (χ1) is 15.1. The predicted molar refractivity (Wildman–Crippen MR) is 127 cm³/mol. The number of allylic oxidation sites excluding steroid dienone is 1. The average molecular weight is 434 g/mol. The fourth-order valence-corrected chi connectivity index (χ4v) is 3.49. The summed E-state index contributed by atoms with van der Waals surface area (Å²) in [7, 11) is 1.51. The van der Waals surface area contributed by atoms with Gasteiger partial charge in [0.15, 0.2) is 11.5 Å². The molecule has 0 spiro atoms. The van der Waals surface area contributed by atoms with Crippen molar-refractivity contribution < 1.29 is 19.7 Å². The average Bonchev–Trinajstić information content (AvgIpc) is 2.77. The molecule has 1 aromatic rings. The Kier molecular flexibility index (Phi) is 15.4. The standard InChI is InChI=1S/C26H43NO4/c1-3-4-5-12-15-23(28)16-13-10-8-6-7-9-11-14-17-26(30)27-21-22-18-19-24(29)25(20-22)31-2/h10,13,18-20,23,28-29H,3-9,11-12,14-17,21H2,1-2H3,(H,27,30). The Hall–Kier alpha value is -2.01. The van der Waals surface area contributed by atoms with Gasteiger partial charge in [0.1, 0.15) is 0 Å². The molecule has 0 aliphatic rings. The number of aliphatic hydroxyl groups is 1. The van der Waals surface area contributed by atoms with Crippen LogP contribution in [0.5, 0.6) is 11.5 Å². The maximum absolute atomic E-state index is 12.0. The molecule has 0 aromatic heterocycles. The SMILES string of the molecule is CCCCCCC(O)CC=CCCCCCCCC(=O)NCc1ccc(O)c(OC)c1. The minimum atomic E-state index is -0.185. The summed E-state index contributed by atoms with van der Waals surface area (Å²) in [4.78, 5) is 12.0. The molecule has 0 aliphatic carbocycles. The Bertz CT molecular complexity index is 630. The number of unbranched alkanes of at least 4 members (excludes halogenated alkanes) is 8. The van der Waals surface area contributed by atoms with Gasteiger partial charge in [-0.15, -0.1) is 0 Å². The summed E-state index contributed by atoms with van der Waals surface area (Å²) in [5, 5.41) is 22.4. The second kappa shape index (κ2) is 17.6. The third-order valence-electron chi connectivity index (χ3n) is 5.47. The number of ether oxygens (including phenoxy) is 1.